The van der Waals surface area contributed by atoms with Gasteiger partial charge < -0.3 is 15.0 Å². The molecular weight excluding hydrogens is 192 g/mol. The highest BCUT2D eigenvalue weighted by Gasteiger charge is 2.20. The zero-order valence-electron chi connectivity index (χ0n) is 9.95. The second-order valence-corrected chi connectivity index (χ2v) is 4.33. The summed E-state index contributed by atoms with van der Waals surface area (Å²) in [4.78, 5) is 13.7. The molecule has 0 aromatic rings. The molecule has 0 saturated carbocycles. The number of amides is 1. The van der Waals surface area contributed by atoms with Gasteiger partial charge in [-0.25, -0.2) is 4.79 Å². The molecule has 1 fully saturated rings. The minimum atomic E-state index is -0.284. The number of nitrogens with zero attached hydrogens (tertiary/aromatic N) is 1. The van der Waals surface area contributed by atoms with E-state index in [0.717, 1.165) is 32.5 Å². The first-order valence-electron chi connectivity index (χ1n) is 5.81. The normalized spacial score (nSPS) is 22.8. The van der Waals surface area contributed by atoms with Gasteiger partial charge in [-0.3, -0.25) is 0 Å². The van der Waals surface area contributed by atoms with Gasteiger partial charge in [0.1, 0.15) is 0 Å². The van der Waals surface area contributed by atoms with Gasteiger partial charge in [-0.05, 0) is 39.8 Å². The first kappa shape index (κ1) is 12.3. The summed E-state index contributed by atoms with van der Waals surface area (Å²) < 4.78 is 5.05. The van der Waals surface area contributed by atoms with Gasteiger partial charge >= 0.3 is 6.09 Å². The standard InChI is InChI=1S/C11H22N2O2/c1-4-13-7-5-6-10(8-13)12-11(14)15-9(2)3/h9-10H,4-8H2,1-3H3,(H,12,14). The second kappa shape index (κ2) is 5.95. The Morgan fingerprint density at radius 2 is 2.33 bits per heavy atom. The highest BCUT2D eigenvalue weighted by atomic mass is 16.6. The molecule has 4 nitrogen and oxygen atoms in total. The SMILES string of the molecule is CCN1CCCC(NC(=O)OC(C)C)C1. The van der Waals surface area contributed by atoms with Crippen LogP contribution in [0.2, 0.25) is 0 Å². The van der Waals surface area contributed by atoms with Crippen LogP contribution in [0.25, 0.3) is 0 Å². The summed E-state index contributed by atoms with van der Waals surface area (Å²) in [5.41, 5.74) is 0. The number of hydrogen-bond acceptors (Lipinski definition) is 3. The minimum absolute atomic E-state index is 0.0455. The molecule has 0 aromatic carbocycles. The number of carbonyl (C=O) groups excluding carboxylic acids is 1. The van der Waals surface area contributed by atoms with Gasteiger partial charge in [0.15, 0.2) is 0 Å². The summed E-state index contributed by atoms with van der Waals surface area (Å²) in [7, 11) is 0. The van der Waals surface area contributed by atoms with Crippen molar-refractivity contribution in [1.29, 1.82) is 0 Å². The Hall–Kier alpha value is -0.770. The summed E-state index contributed by atoms with van der Waals surface area (Å²) in [6.45, 7) is 9.02. The zero-order valence-corrected chi connectivity index (χ0v) is 9.95. The highest BCUT2D eigenvalue weighted by molar-refractivity contribution is 5.67. The molecule has 0 aromatic heterocycles. The van der Waals surface area contributed by atoms with Gasteiger partial charge in [0, 0.05) is 12.6 Å². The fourth-order valence-corrected chi connectivity index (χ4v) is 1.88. The van der Waals surface area contributed by atoms with Crippen molar-refractivity contribution < 1.29 is 9.53 Å². The van der Waals surface area contributed by atoms with E-state index in [1.54, 1.807) is 0 Å². The molecule has 1 rings (SSSR count). The number of likely N-dealkylation sites (tertiary alicyclic amines) is 1. The van der Waals surface area contributed by atoms with E-state index in [1.807, 2.05) is 13.8 Å². The first-order valence-corrected chi connectivity index (χ1v) is 5.81. The van der Waals surface area contributed by atoms with Gasteiger partial charge in [-0.2, -0.15) is 0 Å². The van der Waals surface area contributed by atoms with Crippen molar-refractivity contribution in [1.82, 2.24) is 10.2 Å². The fourth-order valence-electron chi connectivity index (χ4n) is 1.88. The second-order valence-electron chi connectivity index (χ2n) is 4.33. The van der Waals surface area contributed by atoms with Crippen LogP contribution in [0.15, 0.2) is 0 Å². The van der Waals surface area contributed by atoms with E-state index in [9.17, 15) is 4.79 Å². The van der Waals surface area contributed by atoms with Gasteiger partial charge in [0.05, 0.1) is 6.10 Å². The van der Waals surface area contributed by atoms with Gasteiger partial charge in [0.25, 0.3) is 0 Å². The molecule has 0 spiro atoms. The lowest BCUT2D eigenvalue weighted by atomic mass is 10.1. The Balaban J connectivity index is 2.28. The summed E-state index contributed by atoms with van der Waals surface area (Å²) in [6, 6.07) is 0.255. The van der Waals surface area contributed by atoms with Crippen LogP contribution in [-0.4, -0.2) is 42.8 Å². The van der Waals surface area contributed by atoms with Gasteiger partial charge in [-0.1, -0.05) is 6.92 Å². The third-order valence-electron chi connectivity index (χ3n) is 2.62. The Labute approximate surface area is 92.0 Å². The van der Waals surface area contributed by atoms with Crippen LogP contribution in [0.1, 0.15) is 33.6 Å². The number of hydrogen-bond donors (Lipinski definition) is 1. The number of ether oxygens (including phenoxy) is 1. The van der Waals surface area contributed by atoms with Crippen LogP contribution in [-0.2, 0) is 4.74 Å². The fraction of sp³-hybridized carbons (Fsp3) is 0.909. The predicted molar refractivity (Wildman–Crippen MR) is 59.9 cm³/mol. The first-order chi connectivity index (χ1) is 7.11. The molecule has 1 saturated heterocycles. The van der Waals surface area contributed by atoms with Crippen molar-refractivity contribution in [3.8, 4) is 0 Å². The van der Waals surface area contributed by atoms with Crippen LogP contribution in [0.5, 0.6) is 0 Å². The van der Waals surface area contributed by atoms with Crippen molar-refractivity contribution in [2.75, 3.05) is 19.6 Å². The van der Waals surface area contributed by atoms with Crippen molar-refractivity contribution in [3.05, 3.63) is 0 Å². The number of piperidine rings is 1. The number of likely N-dealkylation sites (N-methyl/N-ethyl adjacent to an activating group) is 1. The van der Waals surface area contributed by atoms with Crippen LogP contribution in [0.3, 0.4) is 0 Å². The Morgan fingerprint density at radius 1 is 1.60 bits per heavy atom. The molecule has 4 heteroatoms. The predicted octanol–water partition coefficient (Wildman–Crippen LogP) is 1.61. The average Bonchev–Trinajstić information content (AvgIpc) is 2.16. The van der Waals surface area contributed by atoms with Crippen LogP contribution in [0.4, 0.5) is 4.79 Å². The van der Waals surface area contributed by atoms with Gasteiger partial charge in [0.2, 0.25) is 0 Å². The molecule has 88 valence electrons. The summed E-state index contributed by atoms with van der Waals surface area (Å²) in [5.74, 6) is 0. The Bertz CT molecular complexity index is 207. The topological polar surface area (TPSA) is 41.6 Å². The lowest BCUT2D eigenvalue weighted by Gasteiger charge is -2.32. The smallest absolute Gasteiger partial charge is 0.407 e. The molecule has 0 radical (unpaired) electrons. The van der Waals surface area contributed by atoms with E-state index in [0.29, 0.717) is 0 Å². The summed E-state index contributed by atoms with van der Waals surface area (Å²) in [5, 5.41) is 2.91. The number of rotatable bonds is 3. The monoisotopic (exact) mass is 214 g/mol. The van der Waals surface area contributed by atoms with Gasteiger partial charge in [-0.15, -0.1) is 0 Å². The lowest BCUT2D eigenvalue weighted by Crippen LogP contribution is -2.48. The molecule has 1 aliphatic heterocycles. The van der Waals surface area contributed by atoms with E-state index in [4.69, 9.17) is 4.74 Å². The molecule has 1 aliphatic rings. The number of alkyl carbamates (subject to hydrolysis) is 1. The molecule has 1 heterocycles. The third-order valence-corrected chi connectivity index (χ3v) is 2.62. The minimum Gasteiger partial charge on any atom is -0.447 e. The maximum atomic E-state index is 11.4. The average molecular weight is 214 g/mol. The highest BCUT2D eigenvalue weighted by Crippen LogP contribution is 2.09. The molecule has 1 unspecified atom stereocenters. The number of nitrogens with one attached hydrogen (secondary N) is 1. The van der Waals surface area contributed by atoms with Crippen molar-refractivity contribution in [2.24, 2.45) is 0 Å². The van der Waals surface area contributed by atoms with Crippen molar-refractivity contribution in [3.63, 3.8) is 0 Å². The van der Waals surface area contributed by atoms with E-state index in [1.165, 1.54) is 0 Å². The van der Waals surface area contributed by atoms with E-state index >= 15 is 0 Å². The Kier molecular flexibility index (Phi) is 4.88. The van der Waals surface area contributed by atoms with E-state index in [-0.39, 0.29) is 18.2 Å². The van der Waals surface area contributed by atoms with E-state index < -0.39 is 0 Å². The third kappa shape index (κ3) is 4.51. The zero-order chi connectivity index (χ0) is 11.3. The molecule has 15 heavy (non-hydrogen) atoms. The number of carbonyl (C=O) groups is 1. The summed E-state index contributed by atoms with van der Waals surface area (Å²) in [6.07, 6.45) is 1.88. The van der Waals surface area contributed by atoms with Crippen molar-refractivity contribution in [2.45, 2.75) is 45.8 Å². The van der Waals surface area contributed by atoms with E-state index in [2.05, 4.69) is 17.1 Å². The molecular formula is C11H22N2O2. The molecule has 1 amide bonds. The van der Waals surface area contributed by atoms with Crippen molar-refractivity contribution >= 4 is 6.09 Å². The molecule has 1 atom stereocenters. The molecule has 0 aliphatic carbocycles. The molecule has 0 bridgehead atoms. The summed E-state index contributed by atoms with van der Waals surface area (Å²) >= 11 is 0. The largest absolute Gasteiger partial charge is 0.447 e. The van der Waals surface area contributed by atoms with Crippen LogP contribution >= 0.6 is 0 Å². The maximum Gasteiger partial charge on any atom is 0.407 e. The molecule has 1 N–H and O–H groups in total. The maximum absolute atomic E-state index is 11.4. The lowest BCUT2D eigenvalue weighted by molar-refractivity contribution is 0.105. The van der Waals surface area contributed by atoms with Crippen LogP contribution < -0.4 is 5.32 Å². The Morgan fingerprint density at radius 3 is 2.93 bits per heavy atom. The quantitative estimate of drug-likeness (QED) is 0.776. The van der Waals surface area contributed by atoms with Crippen LogP contribution in [0, 0.1) is 0 Å².